The molecule has 0 spiro atoms. The number of nitrogens with zero attached hydrogens (tertiary/aromatic N) is 3. The second kappa shape index (κ2) is 9.35. The lowest BCUT2D eigenvalue weighted by Crippen LogP contribution is -2.36. The molecule has 0 aliphatic carbocycles. The van der Waals surface area contributed by atoms with Gasteiger partial charge in [-0.05, 0) is 24.0 Å². The molecular formula is C20H27ClN4OS. The molecule has 2 N–H and O–H groups in total. The number of carbonyl (C=O) groups is 1. The highest BCUT2D eigenvalue weighted by Gasteiger charge is 2.21. The Hall–Kier alpha value is -1.89. The second-order valence-corrected chi connectivity index (χ2v) is 7.84. The molecule has 0 saturated heterocycles. The van der Waals surface area contributed by atoms with Crippen LogP contribution in [-0.4, -0.2) is 40.2 Å². The molecule has 0 fully saturated rings. The Labute approximate surface area is 170 Å². The molecule has 0 radical (unpaired) electrons. The average molecular weight is 407 g/mol. The predicted molar refractivity (Wildman–Crippen MR) is 115 cm³/mol. The molecule has 27 heavy (non-hydrogen) atoms. The fourth-order valence-corrected chi connectivity index (χ4v) is 4.18. The molecule has 0 atom stereocenters. The van der Waals surface area contributed by atoms with E-state index in [2.05, 4.69) is 31.1 Å². The minimum atomic E-state index is 0. The maximum absolute atomic E-state index is 13.1. The van der Waals surface area contributed by atoms with Crippen molar-refractivity contribution in [2.75, 3.05) is 19.6 Å². The first-order valence-corrected chi connectivity index (χ1v) is 9.82. The van der Waals surface area contributed by atoms with Crippen LogP contribution in [0.4, 0.5) is 0 Å². The number of carbonyl (C=O) groups excluding carboxylic acids is 1. The number of halogens is 1. The van der Waals surface area contributed by atoms with Crippen molar-refractivity contribution in [1.29, 1.82) is 0 Å². The van der Waals surface area contributed by atoms with E-state index >= 15 is 0 Å². The summed E-state index contributed by atoms with van der Waals surface area (Å²) < 4.78 is 1.88. The van der Waals surface area contributed by atoms with Crippen molar-refractivity contribution in [2.24, 2.45) is 12.8 Å². The molecule has 0 aliphatic heterocycles. The summed E-state index contributed by atoms with van der Waals surface area (Å²) >= 11 is 1.51. The lowest BCUT2D eigenvalue weighted by molar-refractivity contribution is 0.0767. The zero-order valence-electron chi connectivity index (χ0n) is 16.0. The number of hydrogen-bond acceptors (Lipinski definition) is 4. The van der Waals surface area contributed by atoms with Gasteiger partial charge in [-0.1, -0.05) is 44.2 Å². The van der Waals surface area contributed by atoms with E-state index in [9.17, 15) is 4.79 Å². The van der Waals surface area contributed by atoms with Gasteiger partial charge in [-0.2, -0.15) is 5.10 Å². The van der Waals surface area contributed by atoms with Crippen LogP contribution >= 0.6 is 23.7 Å². The number of nitrogens with two attached hydrogens (primary N) is 1. The van der Waals surface area contributed by atoms with Crippen LogP contribution in [0.15, 0.2) is 36.4 Å². The fourth-order valence-electron chi connectivity index (χ4n) is 3.13. The maximum Gasteiger partial charge on any atom is 0.264 e. The number of amides is 1. The minimum absolute atomic E-state index is 0. The molecular weight excluding hydrogens is 380 g/mol. The molecule has 2 aromatic heterocycles. The van der Waals surface area contributed by atoms with E-state index in [0.717, 1.165) is 27.2 Å². The van der Waals surface area contributed by atoms with Crippen LogP contribution in [0, 0.1) is 0 Å². The number of thiophene rings is 1. The third-order valence-corrected chi connectivity index (χ3v) is 5.69. The molecule has 0 bridgehead atoms. The molecule has 0 unspecified atom stereocenters. The van der Waals surface area contributed by atoms with Crippen molar-refractivity contribution >= 4 is 39.9 Å². The van der Waals surface area contributed by atoms with Gasteiger partial charge in [-0.15, -0.1) is 23.7 Å². The smallest absolute Gasteiger partial charge is 0.264 e. The molecule has 0 saturated carbocycles. The van der Waals surface area contributed by atoms with Crippen LogP contribution in [0.25, 0.3) is 10.2 Å². The third kappa shape index (κ3) is 4.69. The van der Waals surface area contributed by atoms with Crippen LogP contribution in [-0.2, 0) is 13.5 Å². The first-order valence-electron chi connectivity index (χ1n) is 9.01. The van der Waals surface area contributed by atoms with E-state index in [4.69, 9.17) is 5.73 Å². The lowest BCUT2D eigenvalue weighted by atomic mass is 10.1. The predicted octanol–water partition coefficient (Wildman–Crippen LogP) is 3.82. The maximum atomic E-state index is 13.1. The number of aryl methyl sites for hydroxylation is 1. The van der Waals surface area contributed by atoms with Crippen LogP contribution in [0.1, 0.15) is 40.7 Å². The number of hydrogen-bond donors (Lipinski definition) is 1. The zero-order valence-corrected chi connectivity index (χ0v) is 17.6. The van der Waals surface area contributed by atoms with Crippen molar-refractivity contribution in [3.05, 3.63) is 52.5 Å². The SMILES string of the molecule is CC(C)c1nn(C)c2sc(C(=O)N(CCN)CCc3ccccc3)cc12.Cl. The molecule has 2 heterocycles. The standard InChI is InChI=1S/C20H26N4OS.ClH/c1-14(2)18-16-13-17(26-20(16)23(3)22-18)19(25)24(12-10-21)11-9-15-7-5-4-6-8-15;/h4-8,13-14H,9-12,21H2,1-3H3;1H. The highest BCUT2D eigenvalue weighted by atomic mass is 35.5. The Morgan fingerprint density at radius 1 is 1.26 bits per heavy atom. The summed E-state index contributed by atoms with van der Waals surface area (Å²) in [5, 5.41) is 5.68. The number of fused-ring (bicyclic) bond motifs is 1. The van der Waals surface area contributed by atoms with E-state index in [1.165, 1.54) is 16.9 Å². The lowest BCUT2D eigenvalue weighted by Gasteiger charge is -2.21. The van der Waals surface area contributed by atoms with Crippen LogP contribution in [0.3, 0.4) is 0 Å². The van der Waals surface area contributed by atoms with Crippen molar-refractivity contribution in [1.82, 2.24) is 14.7 Å². The molecule has 5 nitrogen and oxygen atoms in total. The summed E-state index contributed by atoms with van der Waals surface area (Å²) in [5.74, 6) is 0.386. The van der Waals surface area contributed by atoms with Crippen LogP contribution < -0.4 is 5.73 Å². The summed E-state index contributed by atoms with van der Waals surface area (Å²) in [6, 6.07) is 12.2. The first-order chi connectivity index (χ1) is 12.5. The Morgan fingerprint density at radius 2 is 1.96 bits per heavy atom. The van der Waals surface area contributed by atoms with Gasteiger partial charge in [0.05, 0.1) is 10.6 Å². The Morgan fingerprint density at radius 3 is 2.59 bits per heavy atom. The van der Waals surface area contributed by atoms with Gasteiger partial charge in [0.15, 0.2) is 0 Å². The molecule has 0 aliphatic rings. The summed E-state index contributed by atoms with van der Waals surface area (Å²) in [6.07, 6.45) is 0.830. The first kappa shape index (κ1) is 21.4. The summed E-state index contributed by atoms with van der Waals surface area (Å²) in [7, 11) is 1.94. The average Bonchev–Trinajstić information content (AvgIpc) is 3.19. The van der Waals surface area contributed by atoms with Gasteiger partial charge in [-0.25, -0.2) is 0 Å². The quantitative estimate of drug-likeness (QED) is 0.648. The van der Waals surface area contributed by atoms with Crippen molar-refractivity contribution in [3.8, 4) is 0 Å². The second-order valence-electron chi connectivity index (χ2n) is 6.81. The van der Waals surface area contributed by atoms with Gasteiger partial charge in [0.2, 0.25) is 0 Å². The number of benzene rings is 1. The van der Waals surface area contributed by atoms with Gasteiger partial charge >= 0.3 is 0 Å². The van der Waals surface area contributed by atoms with E-state index in [1.54, 1.807) is 0 Å². The molecule has 3 rings (SSSR count). The van der Waals surface area contributed by atoms with Crippen LogP contribution in [0.5, 0.6) is 0 Å². The largest absolute Gasteiger partial charge is 0.336 e. The van der Waals surface area contributed by atoms with E-state index < -0.39 is 0 Å². The van der Waals surface area contributed by atoms with Gasteiger partial charge in [-0.3, -0.25) is 9.48 Å². The highest BCUT2D eigenvalue weighted by Crippen LogP contribution is 2.32. The molecule has 3 aromatic rings. The minimum Gasteiger partial charge on any atom is -0.336 e. The van der Waals surface area contributed by atoms with Crippen molar-refractivity contribution in [2.45, 2.75) is 26.2 Å². The summed E-state index contributed by atoms with van der Waals surface area (Å²) in [5.41, 5.74) is 8.03. The van der Waals surface area contributed by atoms with Gasteiger partial charge < -0.3 is 10.6 Å². The molecule has 1 aromatic carbocycles. The Kier molecular flexibility index (Phi) is 7.41. The highest BCUT2D eigenvalue weighted by molar-refractivity contribution is 7.20. The van der Waals surface area contributed by atoms with Gasteiger partial charge in [0.25, 0.3) is 5.91 Å². The Bertz CT molecular complexity index is 888. The van der Waals surface area contributed by atoms with Crippen molar-refractivity contribution in [3.63, 3.8) is 0 Å². The number of rotatable bonds is 7. The molecule has 1 amide bonds. The normalized spacial score (nSPS) is 11.0. The third-order valence-electron chi connectivity index (χ3n) is 4.50. The fraction of sp³-hybridized carbons (Fsp3) is 0.400. The van der Waals surface area contributed by atoms with Crippen molar-refractivity contribution < 1.29 is 4.79 Å². The van der Waals surface area contributed by atoms with Crippen LogP contribution in [0.2, 0.25) is 0 Å². The van der Waals surface area contributed by atoms with Gasteiger partial charge in [0, 0.05) is 32.1 Å². The zero-order chi connectivity index (χ0) is 18.7. The van der Waals surface area contributed by atoms with E-state index in [1.807, 2.05) is 40.9 Å². The monoisotopic (exact) mass is 406 g/mol. The summed E-state index contributed by atoms with van der Waals surface area (Å²) in [4.78, 5) is 16.7. The molecule has 7 heteroatoms. The summed E-state index contributed by atoms with van der Waals surface area (Å²) in [6.45, 7) is 5.95. The van der Waals surface area contributed by atoms with E-state index in [0.29, 0.717) is 25.6 Å². The van der Waals surface area contributed by atoms with E-state index in [-0.39, 0.29) is 18.3 Å². The Balaban J connectivity index is 0.00000261. The topological polar surface area (TPSA) is 64.2 Å². The molecule has 146 valence electrons. The number of aromatic nitrogens is 2. The van der Waals surface area contributed by atoms with Gasteiger partial charge in [0.1, 0.15) is 4.83 Å².